The van der Waals surface area contributed by atoms with Crippen LogP contribution in [0.5, 0.6) is 0 Å². The summed E-state index contributed by atoms with van der Waals surface area (Å²) < 4.78 is 40.6. The number of rotatable bonds is 4. The summed E-state index contributed by atoms with van der Waals surface area (Å²) in [6.07, 6.45) is -0.422. The summed E-state index contributed by atoms with van der Waals surface area (Å²) in [6, 6.07) is 8.02. The summed E-state index contributed by atoms with van der Waals surface area (Å²) in [5, 5.41) is 0. The second kappa shape index (κ2) is 6.22. The number of hydrogen-bond acceptors (Lipinski definition) is 1. The van der Waals surface area contributed by atoms with Gasteiger partial charge in [-0.25, -0.2) is 13.2 Å². The first-order valence-corrected chi connectivity index (χ1v) is 6.65. The van der Waals surface area contributed by atoms with Crippen molar-refractivity contribution in [1.29, 1.82) is 0 Å². The molecule has 0 fully saturated rings. The van der Waals surface area contributed by atoms with Crippen molar-refractivity contribution in [2.45, 2.75) is 12.8 Å². The summed E-state index contributed by atoms with van der Waals surface area (Å²) in [4.78, 5) is 11.8. The van der Waals surface area contributed by atoms with Crippen LogP contribution in [0.15, 0.2) is 40.9 Å². The van der Waals surface area contributed by atoms with E-state index in [1.807, 2.05) is 0 Å². The first-order valence-electron chi connectivity index (χ1n) is 5.86. The van der Waals surface area contributed by atoms with Crippen molar-refractivity contribution in [3.63, 3.8) is 0 Å². The molecule has 2 aromatic rings. The van der Waals surface area contributed by atoms with Crippen LogP contribution < -0.4 is 0 Å². The normalized spacial score (nSPS) is 10.6. The fourth-order valence-electron chi connectivity index (χ4n) is 1.84. The molecule has 0 spiro atoms. The third-order valence-corrected chi connectivity index (χ3v) is 3.32. The molecule has 0 aliphatic heterocycles. The predicted octanol–water partition coefficient (Wildman–Crippen LogP) is 4.22. The van der Waals surface area contributed by atoms with Crippen molar-refractivity contribution < 1.29 is 18.0 Å². The summed E-state index contributed by atoms with van der Waals surface area (Å²) in [5.74, 6) is -2.91. The van der Waals surface area contributed by atoms with Gasteiger partial charge in [-0.05, 0) is 29.3 Å². The molecular formula is C15H10BrF3O. The van der Waals surface area contributed by atoms with Gasteiger partial charge in [0.2, 0.25) is 0 Å². The van der Waals surface area contributed by atoms with Gasteiger partial charge in [-0.3, -0.25) is 4.79 Å². The maximum atomic E-state index is 13.6. The fraction of sp³-hybridized carbons (Fsp3) is 0.133. The molecule has 0 aromatic heterocycles. The molecule has 0 heterocycles. The molecule has 20 heavy (non-hydrogen) atoms. The number of carbonyl (C=O) groups is 1. The molecule has 0 radical (unpaired) electrons. The molecule has 0 saturated carbocycles. The zero-order valence-corrected chi connectivity index (χ0v) is 11.9. The van der Waals surface area contributed by atoms with Gasteiger partial charge in [0.15, 0.2) is 11.6 Å². The Labute approximate surface area is 122 Å². The summed E-state index contributed by atoms with van der Waals surface area (Å²) in [5.41, 5.74) is 0.211. The van der Waals surface area contributed by atoms with Crippen LogP contribution in [0.25, 0.3) is 0 Å². The van der Waals surface area contributed by atoms with E-state index in [1.54, 1.807) is 6.07 Å². The van der Waals surface area contributed by atoms with Crippen LogP contribution >= 0.6 is 15.9 Å². The van der Waals surface area contributed by atoms with E-state index in [0.717, 1.165) is 6.07 Å². The Balaban J connectivity index is 2.11. The van der Waals surface area contributed by atoms with Gasteiger partial charge in [-0.15, -0.1) is 0 Å². The molecule has 0 atom stereocenters. The molecule has 2 rings (SSSR count). The first-order chi connectivity index (χ1) is 9.47. The van der Waals surface area contributed by atoms with Crippen molar-refractivity contribution in [2.24, 2.45) is 0 Å². The van der Waals surface area contributed by atoms with Gasteiger partial charge >= 0.3 is 0 Å². The van der Waals surface area contributed by atoms with Crippen molar-refractivity contribution in [3.8, 4) is 0 Å². The lowest BCUT2D eigenvalue weighted by Gasteiger charge is -2.05. The Morgan fingerprint density at radius 3 is 2.35 bits per heavy atom. The summed E-state index contributed by atoms with van der Waals surface area (Å²) in [6.45, 7) is 0. The minimum absolute atomic E-state index is 0.0208. The van der Waals surface area contributed by atoms with E-state index < -0.39 is 17.5 Å². The zero-order valence-electron chi connectivity index (χ0n) is 10.3. The van der Waals surface area contributed by atoms with E-state index in [-0.39, 0.29) is 29.8 Å². The Bertz CT molecular complexity index is 656. The standard InChI is InChI=1S/C15H10BrF3O/c16-11-5-4-9(14(18)8-11)6-12(20)7-10-2-1-3-13(17)15(10)19/h1-5,8H,6-7H2. The predicted molar refractivity (Wildman–Crippen MR) is 72.9 cm³/mol. The van der Waals surface area contributed by atoms with Crippen LogP contribution in [0.2, 0.25) is 0 Å². The minimum Gasteiger partial charge on any atom is -0.299 e. The van der Waals surface area contributed by atoms with E-state index in [1.165, 1.54) is 24.3 Å². The molecule has 1 nitrogen and oxygen atoms in total. The van der Waals surface area contributed by atoms with Crippen LogP contribution in [0, 0.1) is 17.5 Å². The van der Waals surface area contributed by atoms with E-state index in [0.29, 0.717) is 4.47 Å². The topological polar surface area (TPSA) is 17.1 Å². The molecule has 0 bridgehead atoms. The number of benzene rings is 2. The average molecular weight is 343 g/mol. The van der Waals surface area contributed by atoms with Crippen LogP contribution in [0.4, 0.5) is 13.2 Å². The Morgan fingerprint density at radius 2 is 1.65 bits per heavy atom. The van der Waals surface area contributed by atoms with Crippen LogP contribution in [-0.2, 0) is 17.6 Å². The minimum atomic E-state index is -1.03. The maximum absolute atomic E-state index is 13.6. The molecule has 0 unspecified atom stereocenters. The highest BCUT2D eigenvalue weighted by atomic mass is 79.9. The van der Waals surface area contributed by atoms with Crippen LogP contribution in [0.3, 0.4) is 0 Å². The molecule has 0 saturated heterocycles. The van der Waals surface area contributed by atoms with Crippen molar-refractivity contribution in [1.82, 2.24) is 0 Å². The molecule has 2 aromatic carbocycles. The third-order valence-electron chi connectivity index (χ3n) is 2.82. The molecule has 0 N–H and O–H groups in total. The molecular weight excluding hydrogens is 333 g/mol. The van der Waals surface area contributed by atoms with Gasteiger partial charge in [0.05, 0.1) is 0 Å². The summed E-state index contributed by atoms with van der Waals surface area (Å²) in [7, 11) is 0. The van der Waals surface area contributed by atoms with Gasteiger partial charge < -0.3 is 0 Å². The third kappa shape index (κ3) is 3.48. The van der Waals surface area contributed by atoms with Crippen molar-refractivity contribution in [2.75, 3.05) is 0 Å². The van der Waals surface area contributed by atoms with Gasteiger partial charge in [0, 0.05) is 17.3 Å². The highest BCUT2D eigenvalue weighted by Gasteiger charge is 2.14. The number of ketones is 1. The van der Waals surface area contributed by atoms with Crippen molar-refractivity contribution >= 4 is 21.7 Å². The van der Waals surface area contributed by atoms with Gasteiger partial charge in [-0.1, -0.05) is 34.1 Å². The lowest BCUT2D eigenvalue weighted by atomic mass is 10.0. The van der Waals surface area contributed by atoms with Gasteiger partial charge in [0.25, 0.3) is 0 Å². The molecule has 104 valence electrons. The van der Waals surface area contributed by atoms with Crippen LogP contribution in [0.1, 0.15) is 11.1 Å². The van der Waals surface area contributed by atoms with E-state index in [2.05, 4.69) is 15.9 Å². The molecule has 0 aliphatic rings. The quantitative estimate of drug-likeness (QED) is 0.812. The number of carbonyl (C=O) groups excluding carboxylic acids is 1. The number of halogens is 4. The largest absolute Gasteiger partial charge is 0.299 e. The average Bonchev–Trinajstić information content (AvgIpc) is 2.38. The van der Waals surface area contributed by atoms with E-state index >= 15 is 0 Å². The molecule has 0 amide bonds. The first kappa shape index (κ1) is 14.8. The Hall–Kier alpha value is -1.62. The second-order valence-electron chi connectivity index (χ2n) is 4.34. The number of hydrogen-bond donors (Lipinski definition) is 0. The summed E-state index contributed by atoms with van der Waals surface area (Å²) >= 11 is 3.12. The van der Waals surface area contributed by atoms with E-state index in [4.69, 9.17) is 0 Å². The zero-order chi connectivity index (χ0) is 14.7. The van der Waals surface area contributed by atoms with Crippen molar-refractivity contribution in [3.05, 3.63) is 69.4 Å². The van der Waals surface area contributed by atoms with Crippen LogP contribution in [-0.4, -0.2) is 5.78 Å². The second-order valence-corrected chi connectivity index (χ2v) is 5.26. The van der Waals surface area contributed by atoms with E-state index in [9.17, 15) is 18.0 Å². The number of Topliss-reactive ketones (excluding diaryl/α,β-unsaturated/α-hetero) is 1. The smallest absolute Gasteiger partial charge is 0.162 e. The lowest BCUT2D eigenvalue weighted by Crippen LogP contribution is -2.09. The molecule has 0 aliphatic carbocycles. The highest BCUT2D eigenvalue weighted by molar-refractivity contribution is 9.10. The monoisotopic (exact) mass is 342 g/mol. The van der Waals surface area contributed by atoms with Gasteiger partial charge in [-0.2, -0.15) is 0 Å². The van der Waals surface area contributed by atoms with Gasteiger partial charge in [0.1, 0.15) is 11.6 Å². The SMILES string of the molecule is O=C(Cc1ccc(Br)cc1F)Cc1cccc(F)c1F. The maximum Gasteiger partial charge on any atom is 0.162 e. The Kier molecular flexibility index (Phi) is 4.60. The Morgan fingerprint density at radius 1 is 0.950 bits per heavy atom. The molecule has 5 heteroatoms. The fourth-order valence-corrected chi connectivity index (χ4v) is 2.17. The highest BCUT2D eigenvalue weighted by Crippen LogP contribution is 2.17. The lowest BCUT2D eigenvalue weighted by molar-refractivity contribution is -0.117.